The Hall–Kier alpha value is -2.92. The molecule has 0 saturated heterocycles. The molecule has 5 heteroatoms. The highest BCUT2D eigenvalue weighted by Gasteiger charge is 2.20. The number of halogens is 1. The van der Waals surface area contributed by atoms with E-state index in [1.54, 1.807) is 6.26 Å². The minimum Gasteiger partial charge on any atom is -0.469 e. The molecular weight excluding hydrogens is 319 g/mol. The zero-order valence-electron chi connectivity index (χ0n) is 13.6. The number of benzene rings is 2. The summed E-state index contributed by atoms with van der Waals surface area (Å²) in [5.74, 6) is 0.324. The highest BCUT2D eigenvalue weighted by Crippen LogP contribution is 2.17. The van der Waals surface area contributed by atoms with Crippen molar-refractivity contribution >= 4 is 11.6 Å². The van der Waals surface area contributed by atoms with Crippen LogP contribution in [0.15, 0.2) is 77.4 Å². The van der Waals surface area contributed by atoms with Gasteiger partial charge in [0.25, 0.3) is 0 Å². The van der Waals surface area contributed by atoms with E-state index in [4.69, 9.17) is 4.42 Å². The second-order valence-electron chi connectivity index (χ2n) is 5.62. The van der Waals surface area contributed by atoms with E-state index >= 15 is 0 Å². The molecule has 0 aliphatic heterocycles. The van der Waals surface area contributed by atoms with Crippen molar-refractivity contribution in [2.45, 2.75) is 12.5 Å². The quantitative estimate of drug-likeness (QED) is 0.686. The van der Waals surface area contributed by atoms with Crippen molar-refractivity contribution < 1.29 is 13.6 Å². The van der Waals surface area contributed by atoms with Crippen LogP contribution in [0, 0.1) is 5.82 Å². The van der Waals surface area contributed by atoms with Gasteiger partial charge in [-0.05, 0) is 42.0 Å². The molecule has 0 spiro atoms. The van der Waals surface area contributed by atoms with Crippen LogP contribution in [0.4, 0.5) is 10.1 Å². The standard InChI is InChI=1S/C20H19FN2O2/c21-16-8-10-17(11-9-16)23-20(24)19(15-5-2-1-3-6-15)22-13-12-18-7-4-14-25-18/h1-11,14,19,22H,12-13H2,(H,23,24)/t19-/m0/s1. The fraction of sp³-hybridized carbons (Fsp3) is 0.150. The molecule has 2 aromatic carbocycles. The van der Waals surface area contributed by atoms with E-state index in [0.717, 1.165) is 11.3 Å². The largest absolute Gasteiger partial charge is 0.469 e. The third kappa shape index (κ3) is 4.78. The fourth-order valence-electron chi connectivity index (χ4n) is 2.55. The van der Waals surface area contributed by atoms with Crippen LogP contribution >= 0.6 is 0 Å². The second kappa shape index (κ2) is 8.26. The summed E-state index contributed by atoms with van der Waals surface area (Å²) in [7, 11) is 0. The van der Waals surface area contributed by atoms with Crippen molar-refractivity contribution in [1.82, 2.24) is 5.32 Å². The van der Waals surface area contributed by atoms with E-state index in [1.807, 2.05) is 42.5 Å². The molecule has 1 heterocycles. The van der Waals surface area contributed by atoms with Gasteiger partial charge in [-0.3, -0.25) is 4.79 Å². The van der Waals surface area contributed by atoms with E-state index in [2.05, 4.69) is 10.6 Å². The van der Waals surface area contributed by atoms with E-state index in [0.29, 0.717) is 18.7 Å². The van der Waals surface area contributed by atoms with Crippen molar-refractivity contribution in [3.63, 3.8) is 0 Å². The Morgan fingerprint density at radius 1 is 1.00 bits per heavy atom. The Kier molecular flexibility index (Phi) is 5.59. The summed E-state index contributed by atoms with van der Waals surface area (Å²) in [6.45, 7) is 0.587. The van der Waals surface area contributed by atoms with Gasteiger partial charge in [-0.15, -0.1) is 0 Å². The molecule has 1 atom stereocenters. The molecule has 0 unspecified atom stereocenters. The van der Waals surface area contributed by atoms with Crippen molar-refractivity contribution in [3.8, 4) is 0 Å². The Bertz CT molecular complexity index is 786. The Morgan fingerprint density at radius 3 is 2.44 bits per heavy atom. The summed E-state index contributed by atoms with van der Waals surface area (Å²) >= 11 is 0. The lowest BCUT2D eigenvalue weighted by atomic mass is 10.1. The first-order valence-electron chi connectivity index (χ1n) is 8.09. The molecule has 3 rings (SSSR count). The number of anilines is 1. The molecule has 2 N–H and O–H groups in total. The molecule has 0 radical (unpaired) electrons. The van der Waals surface area contributed by atoms with Gasteiger partial charge in [0.05, 0.1) is 6.26 Å². The molecule has 0 aliphatic rings. The average Bonchev–Trinajstić information content (AvgIpc) is 3.15. The van der Waals surface area contributed by atoms with Crippen LogP contribution in [0.1, 0.15) is 17.4 Å². The zero-order valence-corrected chi connectivity index (χ0v) is 13.6. The van der Waals surface area contributed by atoms with Gasteiger partial charge in [-0.2, -0.15) is 0 Å². The predicted octanol–water partition coefficient (Wildman–Crippen LogP) is 3.93. The van der Waals surface area contributed by atoms with Gasteiger partial charge in [-0.25, -0.2) is 4.39 Å². The van der Waals surface area contributed by atoms with Gasteiger partial charge in [0, 0.05) is 18.7 Å². The van der Waals surface area contributed by atoms with Crippen LogP contribution in [0.25, 0.3) is 0 Å². The highest BCUT2D eigenvalue weighted by atomic mass is 19.1. The third-order valence-electron chi connectivity index (χ3n) is 3.81. The molecule has 128 valence electrons. The second-order valence-corrected chi connectivity index (χ2v) is 5.62. The summed E-state index contributed by atoms with van der Waals surface area (Å²) in [4.78, 5) is 12.7. The molecule has 0 saturated carbocycles. The molecule has 3 aromatic rings. The predicted molar refractivity (Wildman–Crippen MR) is 94.6 cm³/mol. The maximum Gasteiger partial charge on any atom is 0.246 e. The van der Waals surface area contributed by atoms with Crippen molar-refractivity contribution in [1.29, 1.82) is 0 Å². The topological polar surface area (TPSA) is 54.3 Å². The molecule has 0 fully saturated rings. The normalized spacial score (nSPS) is 11.9. The lowest BCUT2D eigenvalue weighted by Crippen LogP contribution is -2.34. The molecule has 1 amide bonds. The van der Waals surface area contributed by atoms with E-state index in [-0.39, 0.29) is 11.7 Å². The van der Waals surface area contributed by atoms with E-state index < -0.39 is 6.04 Å². The number of carbonyl (C=O) groups is 1. The number of furan rings is 1. The summed E-state index contributed by atoms with van der Waals surface area (Å²) in [5, 5.41) is 6.08. The van der Waals surface area contributed by atoms with Crippen LogP contribution < -0.4 is 10.6 Å². The maximum absolute atomic E-state index is 13.0. The lowest BCUT2D eigenvalue weighted by Gasteiger charge is -2.19. The minimum absolute atomic E-state index is 0.197. The van der Waals surface area contributed by atoms with Gasteiger partial charge < -0.3 is 15.1 Å². The molecule has 1 aromatic heterocycles. The van der Waals surface area contributed by atoms with Crippen LogP contribution in [0.2, 0.25) is 0 Å². The van der Waals surface area contributed by atoms with Crippen LogP contribution in [-0.4, -0.2) is 12.5 Å². The first-order chi connectivity index (χ1) is 12.2. The number of hydrogen-bond acceptors (Lipinski definition) is 3. The van der Waals surface area contributed by atoms with Crippen LogP contribution in [0.3, 0.4) is 0 Å². The summed E-state index contributed by atoms with van der Waals surface area (Å²) in [6, 6.07) is 18.4. The van der Waals surface area contributed by atoms with Gasteiger partial charge >= 0.3 is 0 Å². The Balaban J connectivity index is 1.68. The molecule has 25 heavy (non-hydrogen) atoms. The molecule has 0 bridgehead atoms. The molecule has 0 aliphatic carbocycles. The lowest BCUT2D eigenvalue weighted by molar-refractivity contribution is -0.118. The first-order valence-corrected chi connectivity index (χ1v) is 8.09. The maximum atomic E-state index is 13.0. The number of hydrogen-bond donors (Lipinski definition) is 2. The highest BCUT2D eigenvalue weighted by molar-refractivity contribution is 5.95. The summed E-state index contributed by atoms with van der Waals surface area (Å²) < 4.78 is 18.3. The van der Waals surface area contributed by atoms with Crippen LogP contribution in [0.5, 0.6) is 0 Å². The summed E-state index contributed by atoms with van der Waals surface area (Å²) in [6.07, 6.45) is 2.31. The van der Waals surface area contributed by atoms with Gasteiger partial charge in [0.1, 0.15) is 17.6 Å². The Morgan fingerprint density at radius 2 is 1.76 bits per heavy atom. The van der Waals surface area contributed by atoms with Gasteiger partial charge in [0.2, 0.25) is 5.91 Å². The van der Waals surface area contributed by atoms with Crippen molar-refractivity contribution in [2.24, 2.45) is 0 Å². The van der Waals surface area contributed by atoms with E-state index in [9.17, 15) is 9.18 Å². The van der Waals surface area contributed by atoms with Crippen LogP contribution in [-0.2, 0) is 11.2 Å². The number of nitrogens with one attached hydrogen (secondary N) is 2. The fourth-order valence-corrected chi connectivity index (χ4v) is 2.55. The Labute approximate surface area is 145 Å². The van der Waals surface area contributed by atoms with Crippen molar-refractivity contribution in [3.05, 3.63) is 90.1 Å². The zero-order chi connectivity index (χ0) is 17.5. The summed E-state index contributed by atoms with van der Waals surface area (Å²) in [5.41, 5.74) is 1.42. The van der Waals surface area contributed by atoms with Crippen molar-refractivity contribution in [2.75, 3.05) is 11.9 Å². The molecule has 4 nitrogen and oxygen atoms in total. The first kappa shape index (κ1) is 16.9. The number of carbonyl (C=O) groups excluding carboxylic acids is 1. The SMILES string of the molecule is O=C(Nc1ccc(F)cc1)[C@@H](NCCc1ccco1)c1ccccc1. The minimum atomic E-state index is -0.513. The average molecular weight is 338 g/mol. The number of amides is 1. The monoisotopic (exact) mass is 338 g/mol. The number of rotatable bonds is 7. The smallest absolute Gasteiger partial charge is 0.246 e. The third-order valence-corrected chi connectivity index (χ3v) is 3.81. The van der Waals surface area contributed by atoms with Gasteiger partial charge in [0.15, 0.2) is 0 Å². The van der Waals surface area contributed by atoms with Gasteiger partial charge in [-0.1, -0.05) is 30.3 Å². The molecular formula is C20H19FN2O2. The van der Waals surface area contributed by atoms with E-state index in [1.165, 1.54) is 24.3 Å².